The molecule has 0 bridgehead atoms. The lowest BCUT2D eigenvalue weighted by Crippen LogP contribution is -2.09. The minimum Gasteiger partial charge on any atom is -0.261 e. The fourth-order valence-corrected chi connectivity index (χ4v) is 3.01. The fraction of sp³-hybridized carbons (Fsp3) is 0.750. The molecule has 0 unspecified atom stereocenters. The smallest absolute Gasteiger partial charge is 0.0435 e. The molecule has 2 rings (SSSR count). The molecule has 2 aliphatic rings. The van der Waals surface area contributed by atoms with Gasteiger partial charge in [-0.1, -0.05) is 57.8 Å². The van der Waals surface area contributed by atoms with E-state index in [2.05, 4.69) is 17.5 Å². The van der Waals surface area contributed by atoms with Gasteiger partial charge < -0.3 is 0 Å². The Morgan fingerprint density at radius 1 is 0.765 bits per heavy atom. The second-order valence-corrected chi connectivity index (χ2v) is 5.52. The molecule has 1 aliphatic carbocycles. The molecule has 0 aromatic carbocycles. The van der Waals surface area contributed by atoms with Crippen molar-refractivity contribution in [2.45, 2.75) is 70.6 Å². The maximum absolute atomic E-state index is 4.51. The molecule has 0 aromatic heterocycles. The van der Waals surface area contributed by atoms with Gasteiger partial charge in [0, 0.05) is 17.8 Å². The van der Waals surface area contributed by atoms with Gasteiger partial charge in [-0.15, -0.1) is 0 Å². The largest absolute Gasteiger partial charge is 0.261 e. The van der Waals surface area contributed by atoms with Crippen molar-refractivity contribution in [3.63, 3.8) is 0 Å². The maximum atomic E-state index is 4.51. The molecule has 0 atom stereocenters. The zero-order valence-electron chi connectivity index (χ0n) is 11.0. The molecule has 1 heteroatoms. The van der Waals surface area contributed by atoms with Crippen LogP contribution in [0.25, 0.3) is 0 Å². The maximum Gasteiger partial charge on any atom is 0.0435 e. The molecular formula is C16H26N. The second-order valence-electron chi connectivity index (χ2n) is 5.52. The molecule has 0 amide bonds. The van der Waals surface area contributed by atoms with E-state index in [1.165, 1.54) is 76.3 Å². The average molecular weight is 232 g/mol. The van der Waals surface area contributed by atoms with Gasteiger partial charge in [0.1, 0.15) is 0 Å². The van der Waals surface area contributed by atoms with Crippen molar-refractivity contribution in [3.8, 4) is 0 Å². The minimum absolute atomic E-state index is 0.740. The van der Waals surface area contributed by atoms with Crippen molar-refractivity contribution in [1.29, 1.82) is 0 Å². The first-order chi connectivity index (χ1) is 8.47. The summed E-state index contributed by atoms with van der Waals surface area (Å²) in [7, 11) is 0. The van der Waals surface area contributed by atoms with E-state index < -0.39 is 0 Å². The van der Waals surface area contributed by atoms with Gasteiger partial charge in [0.25, 0.3) is 0 Å². The van der Waals surface area contributed by atoms with Crippen molar-refractivity contribution in [3.05, 3.63) is 24.0 Å². The molecule has 0 N–H and O–H groups in total. The van der Waals surface area contributed by atoms with Crippen LogP contribution >= 0.6 is 0 Å². The van der Waals surface area contributed by atoms with Crippen LogP contribution in [0.5, 0.6) is 0 Å². The van der Waals surface area contributed by atoms with E-state index in [0.717, 1.165) is 5.92 Å². The van der Waals surface area contributed by atoms with Crippen molar-refractivity contribution in [2.75, 3.05) is 0 Å². The van der Waals surface area contributed by atoms with E-state index in [1.54, 1.807) is 0 Å². The first-order valence-electron chi connectivity index (χ1n) is 7.54. The third-order valence-corrected chi connectivity index (χ3v) is 4.10. The van der Waals surface area contributed by atoms with E-state index in [4.69, 9.17) is 0 Å². The van der Waals surface area contributed by atoms with Crippen molar-refractivity contribution < 1.29 is 0 Å². The molecule has 1 nitrogen and oxygen atoms in total. The number of hydrogen-bond acceptors (Lipinski definition) is 0. The SMILES string of the molecule is C1=C[N]C(C2CCCCCCCCCCC2)=C1. The average Bonchev–Trinajstić information content (AvgIpc) is 2.83. The van der Waals surface area contributed by atoms with Gasteiger partial charge >= 0.3 is 0 Å². The summed E-state index contributed by atoms with van der Waals surface area (Å²) in [5.74, 6) is 0.740. The highest BCUT2D eigenvalue weighted by Gasteiger charge is 2.16. The molecule has 1 radical (unpaired) electrons. The van der Waals surface area contributed by atoms with Crippen LogP contribution < -0.4 is 5.32 Å². The van der Waals surface area contributed by atoms with Crippen LogP contribution in [0.4, 0.5) is 0 Å². The highest BCUT2D eigenvalue weighted by molar-refractivity contribution is 5.21. The third kappa shape index (κ3) is 4.57. The van der Waals surface area contributed by atoms with Gasteiger partial charge in [0.15, 0.2) is 0 Å². The fourth-order valence-electron chi connectivity index (χ4n) is 3.01. The van der Waals surface area contributed by atoms with Crippen LogP contribution in [0.15, 0.2) is 24.0 Å². The Bertz CT molecular complexity index is 253. The van der Waals surface area contributed by atoms with Crippen LogP contribution in [0.2, 0.25) is 0 Å². The lowest BCUT2D eigenvalue weighted by molar-refractivity contribution is 0.426. The summed E-state index contributed by atoms with van der Waals surface area (Å²) < 4.78 is 0. The summed E-state index contributed by atoms with van der Waals surface area (Å²) in [5, 5.41) is 4.51. The monoisotopic (exact) mass is 232 g/mol. The predicted molar refractivity (Wildman–Crippen MR) is 73.6 cm³/mol. The van der Waals surface area contributed by atoms with Crippen LogP contribution in [0, 0.1) is 5.92 Å². The van der Waals surface area contributed by atoms with Gasteiger partial charge in [0.05, 0.1) is 0 Å². The minimum atomic E-state index is 0.740. The lowest BCUT2D eigenvalue weighted by atomic mass is 9.90. The molecule has 1 fully saturated rings. The molecule has 17 heavy (non-hydrogen) atoms. The molecule has 95 valence electrons. The van der Waals surface area contributed by atoms with E-state index in [-0.39, 0.29) is 0 Å². The Hall–Kier alpha value is -0.720. The van der Waals surface area contributed by atoms with E-state index in [1.807, 2.05) is 6.20 Å². The molecule has 1 aliphatic heterocycles. The van der Waals surface area contributed by atoms with Crippen molar-refractivity contribution in [2.24, 2.45) is 5.92 Å². The third-order valence-electron chi connectivity index (χ3n) is 4.10. The Balaban J connectivity index is 1.80. The normalized spacial score (nSPS) is 24.6. The van der Waals surface area contributed by atoms with Gasteiger partial charge in [-0.05, 0) is 25.0 Å². The van der Waals surface area contributed by atoms with E-state index in [0.29, 0.717) is 0 Å². The van der Waals surface area contributed by atoms with Crippen molar-refractivity contribution in [1.82, 2.24) is 5.32 Å². The summed E-state index contributed by atoms with van der Waals surface area (Å²) in [4.78, 5) is 0. The molecule has 0 aromatic rings. The topological polar surface area (TPSA) is 14.1 Å². The predicted octanol–water partition coefficient (Wildman–Crippen LogP) is 4.92. The van der Waals surface area contributed by atoms with Gasteiger partial charge in [-0.3, -0.25) is 5.32 Å². The second kappa shape index (κ2) is 7.58. The Morgan fingerprint density at radius 2 is 1.29 bits per heavy atom. The molecule has 1 saturated carbocycles. The summed E-state index contributed by atoms with van der Waals surface area (Å²) in [5.41, 5.74) is 1.35. The van der Waals surface area contributed by atoms with E-state index >= 15 is 0 Å². The summed E-state index contributed by atoms with van der Waals surface area (Å²) >= 11 is 0. The van der Waals surface area contributed by atoms with Crippen LogP contribution in [-0.2, 0) is 0 Å². The highest BCUT2D eigenvalue weighted by atomic mass is 14.9. The summed E-state index contributed by atoms with van der Waals surface area (Å²) in [6.07, 6.45) is 21.9. The van der Waals surface area contributed by atoms with Crippen molar-refractivity contribution >= 4 is 0 Å². The number of hydrogen-bond donors (Lipinski definition) is 0. The van der Waals surface area contributed by atoms with Gasteiger partial charge in [0.2, 0.25) is 0 Å². The number of rotatable bonds is 1. The first kappa shape index (κ1) is 12.7. The molecule has 0 spiro atoms. The van der Waals surface area contributed by atoms with Crippen LogP contribution in [0.3, 0.4) is 0 Å². The highest BCUT2D eigenvalue weighted by Crippen LogP contribution is 2.27. The lowest BCUT2D eigenvalue weighted by Gasteiger charge is -2.18. The van der Waals surface area contributed by atoms with Crippen LogP contribution in [0.1, 0.15) is 70.6 Å². The van der Waals surface area contributed by atoms with Crippen LogP contribution in [-0.4, -0.2) is 0 Å². The zero-order valence-corrected chi connectivity index (χ0v) is 11.0. The molecule has 1 heterocycles. The Labute approximate surface area is 106 Å². The number of nitrogens with zero attached hydrogens (tertiary/aromatic N) is 1. The van der Waals surface area contributed by atoms with E-state index in [9.17, 15) is 0 Å². The zero-order chi connectivity index (χ0) is 11.8. The Morgan fingerprint density at radius 3 is 1.76 bits per heavy atom. The molecule has 0 saturated heterocycles. The Kier molecular flexibility index (Phi) is 5.67. The van der Waals surface area contributed by atoms with Gasteiger partial charge in [-0.25, -0.2) is 0 Å². The first-order valence-corrected chi connectivity index (χ1v) is 7.54. The quantitative estimate of drug-likeness (QED) is 0.609. The number of allylic oxidation sites excluding steroid dienone is 3. The summed E-state index contributed by atoms with van der Waals surface area (Å²) in [6, 6.07) is 0. The molecular weight excluding hydrogens is 206 g/mol. The summed E-state index contributed by atoms with van der Waals surface area (Å²) in [6.45, 7) is 0. The van der Waals surface area contributed by atoms with Gasteiger partial charge in [-0.2, -0.15) is 0 Å². The standard InChI is InChI=1S/C16H26N/c1-2-4-6-8-11-15(12-9-7-5-3-1)16-13-10-14-17-16/h10,13-15H,1-9,11-12H2.